The van der Waals surface area contributed by atoms with Gasteiger partial charge in [-0.05, 0) is 36.5 Å². The fourth-order valence-corrected chi connectivity index (χ4v) is 4.24. The number of aromatic nitrogens is 1. The minimum Gasteiger partial charge on any atom is -0.497 e. The number of para-hydroxylation sites is 1. The standard InChI is InChI=1S/C20H16N2O3S2/c1-24-13-7-8-16(17(10-13)25-2)22-19(23)18(27-20(22)26)9-12-11-21-15-6-4-3-5-14(12)15/h3-11,23H,1-2H3/b12-9+. The van der Waals surface area contributed by atoms with Crippen LogP contribution in [0.4, 0.5) is 5.69 Å². The number of nitrogens with zero attached hydrogens (tertiary/aromatic N) is 2. The fraction of sp³-hybridized carbons (Fsp3) is 0.100. The number of aliphatic imine (C=N–C) groups is 1. The zero-order chi connectivity index (χ0) is 19.0. The Morgan fingerprint density at radius 2 is 1.96 bits per heavy atom. The van der Waals surface area contributed by atoms with E-state index in [2.05, 4.69) is 4.99 Å². The second-order valence-corrected chi connectivity index (χ2v) is 7.48. The Hall–Kier alpha value is -2.90. The van der Waals surface area contributed by atoms with Crippen molar-refractivity contribution in [3.63, 3.8) is 0 Å². The Bertz CT molecular complexity index is 1140. The molecule has 136 valence electrons. The summed E-state index contributed by atoms with van der Waals surface area (Å²) in [4.78, 5) is 5.07. The first kappa shape index (κ1) is 17.5. The molecular formula is C20H16N2O3S2. The molecule has 1 aliphatic heterocycles. The normalized spacial score (nSPS) is 13.8. The Morgan fingerprint density at radius 3 is 2.74 bits per heavy atom. The highest BCUT2D eigenvalue weighted by Crippen LogP contribution is 2.39. The topological polar surface area (TPSA) is 56.0 Å². The van der Waals surface area contributed by atoms with Gasteiger partial charge >= 0.3 is 0 Å². The predicted octanol–water partition coefficient (Wildman–Crippen LogP) is 5.25. The van der Waals surface area contributed by atoms with E-state index in [1.807, 2.05) is 36.4 Å². The molecule has 0 bridgehead atoms. The van der Waals surface area contributed by atoms with E-state index in [0.717, 1.165) is 16.8 Å². The lowest BCUT2D eigenvalue weighted by Gasteiger charge is -2.12. The van der Waals surface area contributed by atoms with Crippen molar-refractivity contribution in [1.82, 2.24) is 4.57 Å². The quantitative estimate of drug-likeness (QED) is 0.612. The monoisotopic (exact) mass is 396 g/mol. The SMILES string of the molecule is COc1ccc(-n2c(O)c(/C=C3\C=Nc4ccccc43)sc2=S)c(OC)c1. The highest BCUT2D eigenvalue weighted by molar-refractivity contribution is 7.73. The van der Waals surface area contributed by atoms with E-state index in [1.165, 1.54) is 11.3 Å². The van der Waals surface area contributed by atoms with Gasteiger partial charge in [-0.15, -0.1) is 11.3 Å². The molecule has 0 saturated heterocycles. The van der Waals surface area contributed by atoms with Gasteiger partial charge in [-0.3, -0.25) is 9.56 Å². The lowest BCUT2D eigenvalue weighted by molar-refractivity contribution is 0.390. The molecule has 1 N–H and O–H groups in total. The second kappa shape index (κ2) is 7.02. The highest BCUT2D eigenvalue weighted by atomic mass is 32.1. The van der Waals surface area contributed by atoms with E-state index in [-0.39, 0.29) is 5.88 Å². The third kappa shape index (κ3) is 3.05. The lowest BCUT2D eigenvalue weighted by atomic mass is 10.1. The van der Waals surface area contributed by atoms with Crippen LogP contribution in [0.1, 0.15) is 10.4 Å². The molecule has 5 nitrogen and oxygen atoms in total. The maximum Gasteiger partial charge on any atom is 0.215 e. The van der Waals surface area contributed by atoms with E-state index < -0.39 is 0 Å². The average molecular weight is 396 g/mol. The van der Waals surface area contributed by atoms with Crippen molar-refractivity contribution in [2.75, 3.05) is 14.2 Å². The van der Waals surface area contributed by atoms with Gasteiger partial charge in [0.15, 0.2) is 3.95 Å². The predicted molar refractivity (Wildman–Crippen MR) is 112 cm³/mol. The molecule has 27 heavy (non-hydrogen) atoms. The molecule has 1 aliphatic rings. The average Bonchev–Trinajstić information content (AvgIpc) is 3.22. The van der Waals surface area contributed by atoms with Crippen molar-refractivity contribution in [2.45, 2.75) is 0 Å². The summed E-state index contributed by atoms with van der Waals surface area (Å²) >= 11 is 6.83. The van der Waals surface area contributed by atoms with Crippen molar-refractivity contribution >= 4 is 47.1 Å². The van der Waals surface area contributed by atoms with Gasteiger partial charge in [0.2, 0.25) is 5.88 Å². The highest BCUT2D eigenvalue weighted by Gasteiger charge is 2.18. The number of aromatic hydroxyl groups is 1. The molecule has 0 fully saturated rings. The summed E-state index contributed by atoms with van der Waals surface area (Å²) in [6, 6.07) is 13.3. The molecule has 3 aromatic rings. The van der Waals surface area contributed by atoms with Crippen molar-refractivity contribution in [2.24, 2.45) is 4.99 Å². The summed E-state index contributed by atoms with van der Waals surface area (Å²) in [5.41, 5.74) is 3.54. The number of benzene rings is 2. The van der Waals surface area contributed by atoms with Crippen molar-refractivity contribution in [1.29, 1.82) is 0 Å². The summed E-state index contributed by atoms with van der Waals surface area (Å²) in [6.07, 6.45) is 3.70. The van der Waals surface area contributed by atoms with Crippen LogP contribution in [0.15, 0.2) is 47.5 Å². The first-order valence-electron chi connectivity index (χ1n) is 8.14. The minimum absolute atomic E-state index is 0.0683. The Kier molecular flexibility index (Phi) is 4.55. The molecule has 1 aromatic heterocycles. The lowest BCUT2D eigenvalue weighted by Crippen LogP contribution is -1.98. The van der Waals surface area contributed by atoms with Gasteiger partial charge < -0.3 is 14.6 Å². The van der Waals surface area contributed by atoms with Gasteiger partial charge in [-0.25, -0.2) is 0 Å². The first-order chi connectivity index (χ1) is 13.1. The number of allylic oxidation sites excluding steroid dienone is 1. The van der Waals surface area contributed by atoms with E-state index >= 15 is 0 Å². The molecule has 2 aromatic carbocycles. The van der Waals surface area contributed by atoms with Gasteiger partial charge in [-0.1, -0.05) is 18.2 Å². The number of ether oxygens (including phenoxy) is 2. The summed E-state index contributed by atoms with van der Waals surface area (Å²) < 4.78 is 12.8. The molecule has 4 rings (SSSR count). The summed E-state index contributed by atoms with van der Waals surface area (Å²) in [6.45, 7) is 0. The van der Waals surface area contributed by atoms with Gasteiger partial charge in [0, 0.05) is 23.4 Å². The summed E-state index contributed by atoms with van der Waals surface area (Å²) in [5.74, 6) is 1.29. The molecule has 0 saturated carbocycles. The van der Waals surface area contributed by atoms with E-state index in [0.29, 0.717) is 26.0 Å². The summed E-state index contributed by atoms with van der Waals surface area (Å²) in [5, 5.41) is 10.8. The van der Waals surface area contributed by atoms with Gasteiger partial charge in [-0.2, -0.15) is 0 Å². The van der Waals surface area contributed by atoms with Crippen LogP contribution in [-0.4, -0.2) is 30.1 Å². The van der Waals surface area contributed by atoms with Crippen LogP contribution in [-0.2, 0) is 0 Å². The van der Waals surface area contributed by atoms with Gasteiger partial charge in [0.05, 0.1) is 30.5 Å². The molecule has 0 radical (unpaired) electrons. The number of rotatable bonds is 4. The van der Waals surface area contributed by atoms with Crippen molar-refractivity contribution in [3.05, 3.63) is 56.9 Å². The number of methoxy groups -OCH3 is 2. The van der Waals surface area contributed by atoms with Crippen LogP contribution in [0, 0.1) is 3.95 Å². The third-order valence-corrected chi connectivity index (χ3v) is 5.59. The number of thiazole rings is 1. The van der Waals surface area contributed by atoms with Crippen LogP contribution in [0.25, 0.3) is 17.3 Å². The molecule has 0 amide bonds. The Labute approximate surface area is 165 Å². The van der Waals surface area contributed by atoms with E-state index in [4.69, 9.17) is 21.7 Å². The number of hydrogen-bond donors (Lipinski definition) is 1. The molecule has 0 spiro atoms. The number of fused-ring (bicyclic) bond motifs is 1. The molecule has 2 heterocycles. The van der Waals surface area contributed by atoms with Crippen molar-refractivity contribution in [3.8, 4) is 23.1 Å². The van der Waals surface area contributed by atoms with E-state index in [9.17, 15) is 5.11 Å². The molecule has 0 atom stereocenters. The van der Waals surface area contributed by atoms with E-state index in [1.54, 1.807) is 37.1 Å². The smallest absolute Gasteiger partial charge is 0.215 e. The zero-order valence-electron chi connectivity index (χ0n) is 14.7. The van der Waals surface area contributed by atoms with Crippen LogP contribution in [0.3, 0.4) is 0 Å². The Morgan fingerprint density at radius 1 is 1.15 bits per heavy atom. The Balaban J connectivity index is 1.82. The number of hydrogen-bond acceptors (Lipinski definition) is 6. The largest absolute Gasteiger partial charge is 0.497 e. The van der Waals surface area contributed by atoms with Crippen LogP contribution in [0.5, 0.6) is 17.4 Å². The van der Waals surface area contributed by atoms with Gasteiger partial charge in [0.1, 0.15) is 11.5 Å². The van der Waals surface area contributed by atoms with Crippen LogP contribution < -0.4 is 9.47 Å². The molecular weight excluding hydrogens is 380 g/mol. The third-order valence-electron chi connectivity index (χ3n) is 4.28. The van der Waals surface area contributed by atoms with Crippen LogP contribution >= 0.6 is 23.6 Å². The summed E-state index contributed by atoms with van der Waals surface area (Å²) in [7, 11) is 3.16. The first-order valence-corrected chi connectivity index (χ1v) is 9.37. The van der Waals surface area contributed by atoms with Gasteiger partial charge in [0.25, 0.3) is 0 Å². The zero-order valence-corrected chi connectivity index (χ0v) is 16.3. The molecule has 0 unspecified atom stereocenters. The molecule has 0 aliphatic carbocycles. The maximum atomic E-state index is 10.8. The van der Waals surface area contributed by atoms with Crippen LogP contribution in [0.2, 0.25) is 0 Å². The van der Waals surface area contributed by atoms with Crippen molar-refractivity contribution < 1.29 is 14.6 Å². The maximum absolute atomic E-state index is 10.8. The fourth-order valence-electron chi connectivity index (χ4n) is 2.95. The minimum atomic E-state index is 0.0683. The molecule has 7 heteroatoms. The second-order valence-electron chi connectivity index (χ2n) is 5.80.